The van der Waals surface area contributed by atoms with Crippen LogP contribution in [-0.4, -0.2) is 88.6 Å². The van der Waals surface area contributed by atoms with Gasteiger partial charge in [-0.1, -0.05) is 78.9 Å². The average molecular weight is 766 g/mol. The molecule has 4 atom stereocenters. The number of nitrogens with two attached hydrogens (primary N) is 3. The van der Waals surface area contributed by atoms with Crippen LogP contribution in [0.3, 0.4) is 0 Å². The molecule has 1 heterocycles. The number of benzene rings is 3. The first kappa shape index (κ1) is 41.7. The number of nitrogens with one attached hydrogen (secondary N) is 6. The van der Waals surface area contributed by atoms with Crippen molar-refractivity contribution in [2.24, 2.45) is 22.2 Å². The van der Waals surface area contributed by atoms with Crippen molar-refractivity contribution >= 4 is 41.4 Å². The van der Waals surface area contributed by atoms with Gasteiger partial charge in [0.1, 0.15) is 24.2 Å². The lowest BCUT2D eigenvalue weighted by atomic mass is 10.0. The van der Waals surface area contributed by atoms with Gasteiger partial charge >= 0.3 is 0 Å². The van der Waals surface area contributed by atoms with E-state index in [1.165, 1.54) is 12.5 Å². The van der Waals surface area contributed by atoms with E-state index in [2.05, 4.69) is 41.5 Å². The zero-order valence-corrected chi connectivity index (χ0v) is 30.7. The molecule has 4 aromatic rings. The molecule has 0 radical (unpaired) electrons. The standard InChI is InChI=1S/C39H47N11O6/c40-34(52)30(19-25-11-4-1-5-12-25)49-36(54)29(17-10-18-44-39(41)42)48-37(55)31(20-26-13-6-2-7-14-26)50-38(56)32(21-28-22-43-24-46-28)47-33(51)23-45-35(53)27-15-8-3-9-16-27/h1-9,11-16,22,24,29-32H,10,17-21,23H2,(H2,40,52)(H,43,46)(H,45,53)(H,47,51)(H,48,55)(H,49,54)(H,50,56)(H4,41,42,44)/t29-,30+,31+,32-/m0/s1. The number of amides is 6. The molecule has 6 amide bonds. The van der Waals surface area contributed by atoms with E-state index in [1.807, 2.05) is 6.07 Å². The summed E-state index contributed by atoms with van der Waals surface area (Å²) in [7, 11) is 0. The number of aliphatic imine (C=N–C) groups is 1. The third kappa shape index (κ3) is 14.1. The van der Waals surface area contributed by atoms with Crippen LogP contribution in [0.25, 0.3) is 0 Å². The maximum absolute atomic E-state index is 14.1. The zero-order valence-electron chi connectivity index (χ0n) is 30.7. The largest absolute Gasteiger partial charge is 0.370 e. The van der Waals surface area contributed by atoms with E-state index in [-0.39, 0.29) is 44.6 Å². The number of rotatable bonds is 21. The molecule has 0 bridgehead atoms. The van der Waals surface area contributed by atoms with Crippen LogP contribution >= 0.6 is 0 Å². The lowest BCUT2D eigenvalue weighted by Gasteiger charge is -2.26. The first-order chi connectivity index (χ1) is 27.0. The molecule has 3 aromatic carbocycles. The molecule has 0 saturated carbocycles. The van der Waals surface area contributed by atoms with Crippen LogP contribution < -0.4 is 43.8 Å². The first-order valence-electron chi connectivity index (χ1n) is 17.9. The Labute approximate surface area is 323 Å². The van der Waals surface area contributed by atoms with Crippen LogP contribution in [0.1, 0.15) is 40.0 Å². The van der Waals surface area contributed by atoms with E-state index in [0.717, 1.165) is 5.56 Å². The summed E-state index contributed by atoms with van der Waals surface area (Å²) in [6, 6.07) is 21.4. The predicted octanol–water partition coefficient (Wildman–Crippen LogP) is -0.654. The van der Waals surface area contributed by atoms with Gasteiger partial charge in [-0.3, -0.25) is 33.8 Å². The second-order valence-corrected chi connectivity index (χ2v) is 12.9. The van der Waals surface area contributed by atoms with Gasteiger partial charge in [-0.25, -0.2) is 4.98 Å². The molecule has 56 heavy (non-hydrogen) atoms. The zero-order chi connectivity index (χ0) is 40.3. The molecule has 0 saturated heterocycles. The highest BCUT2D eigenvalue weighted by molar-refractivity contribution is 5.98. The number of hydrogen-bond donors (Lipinski definition) is 9. The lowest BCUT2D eigenvalue weighted by Crippen LogP contribution is -2.59. The van der Waals surface area contributed by atoms with Crippen molar-refractivity contribution in [2.75, 3.05) is 13.1 Å². The summed E-state index contributed by atoms with van der Waals surface area (Å²) in [5.74, 6) is -4.17. The van der Waals surface area contributed by atoms with Gasteiger partial charge in [0.25, 0.3) is 5.91 Å². The number of nitrogens with zero attached hydrogens (tertiary/aromatic N) is 2. The van der Waals surface area contributed by atoms with Gasteiger partial charge in [0.2, 0.25) is 29.5 Å². The SMILES string of the molecule is NC(=O)[C@@H](Cc1ccccc1)NC(=O)[C@H](CCCN=C(N)N)NC(=O)[C@@H](Cc1ccccc1)NC(=O)[C@H](Cc1cnc[nH]1)NC(=O)CNC(=O)c1ccccc1. The molecule has 12 N–H and O–H groups in total. The van der Waals surface area contributed by atoms with Gasteiger partial charge < -0.3 is 48.8 Å². The number of H-pyrrole nitrogens is 1. The summed E-state index contributed by atoms with van der Waals surface area (Å²) in [5, 5.41) is 13.3. The summed E-state index contributed by atoms with van der Waals surface area (Å²) in [5.41, 5.74) is 18.9. The highest BCUT2D eigenvalue weighted by Gasteiger charge is 2.31. The quantitative estimate of drug-likeness (QED) is 0.0296. The monoisotopic (exact) mass is 765 g/mol. The Morgan fingerprint density at radius 2 is 1.16 bits per heavy atom. The molecule has 0 unspecified atom stereocenters. The number of carbonyl (C=O) groups excluding carboxylic acids is 6. The van der Waals surface area contributed by atoms with Crippen molar-refractivity contribution in [1.82, 2.24) is 36.6 Å². The second-order valence-electron chi connectivity index (χ2n) is 12.9. The fourth-order valence-corrected chi connectivity index (χ4v) is 5.64. The molecule has 0 fully saturated rings. The van der Waals surface area contributed by atoms with E-state index in [4.69, 9.17) is 17.2 Å². The molecule has 4 rings (SSSR count). The van der Waals surface area contributed by atoms with Crippen LogP contribution in [0.15, 0.2) is 109 Å². The molecular weight excluding hydrogens is 718 g/mol. The molecule has 1 aromatic heterocycles. The summed E-state index contributed by atoms with van der Waals surface area (Å²) in [4.78, 5) is 90.7. The molecule has 17 nitrogen and oxygen atoms in total. The molecule has 294 valence electrons. The fourth-order valence-electron chi connectivity index (χ4n) is 5.64. The molecule has 17 heteroatoms. The van der Waals surface area contributed by atoms with Gasteiger partial charge in [-0.15, -0.1) is 0 Å². The molecule has 0 spiro atoms. The summed E-state index contributed by atoms with van der Waals surface area (Å²) in [6.07, 6.45) is 3.32. The molecular formula is C39H47N11O6. The Hall–Kier alpha value is -7.04. The van der Waals surface area contributed by atoms with Crippen molar-refractivity contribution < 1.29 is 28.8 Å². The first-order valence-corrected chi connectivity index (χ1v) is 17.9. The third-order valence-electron chi connectivity index (χ3n) is 8.51. The normalized spacial score (nSPS) is 12.8. The van der Waals surface area contributed by atoms with Crippen LogP contribution in [0.5, 0.6) is 0 Å². The Balaban J connectivity index is 1.53. The smallest absolute Gasteiger partial charge is 0.251 e. The van der Waals surface area contributed by atoms with Crippen LogP contribution in [0, 0.1) is 0 Å². The molecule has 0 aliphatic carbocycles. The Kier molecular flexibility index (Phi) is 16.1. The number of aromatic nitrogens is 2. The van der Waals surface area contributed by atoms with Gasteiger partial charge in [-0.2, -0.15) is 0 Å². The summed E-state index contributed by atoms with van der Waals surface area (Å²) < 4.78 is 0. The van der Waals surface area contributed by atoms with Crippen molar-refractivity contribution in [3.05, 3.63) is 126 Å². The minimum atomic E-state index is -1.24. The van der Waals surface area contributed by atoms with E-state index in [9.17, 15) is 28.8 Å². The van der Waals surface area contributed by atoms with Crippen molar-refractivity contribution in [3.8, 4) is 0 Å². The van der Waals surface area contributed by atoms with Gasteiger partial charge in [0.05, 0.1) is 12.9 Å². The van der Waals surface area contributed by atoms with Crippen molar-refractivity contribution in [3.63, 3.8) is 0 Å². The minimum Gasteiger partial charge on any atom is -0.370 e. The van der Waals surface area contributed by atoms with E-state index in [0.29, 0.717) is 16.8 Å². The van der Waals surface area contributed by atoms with E-state index in [1.54, 1.807) is 84.9 Å². The van der Waals surface area contributed by atoms with Crippen LogP contribution in [0.2, 0.25) is 0 Å². The van der Waals surface area contributed by atoms with Gasteiger partial charge in [0.15, 0.2) is 5.96 Å². The number of hydrogen-bond acceptors (Lipinski definition) is 8. The Bertz CT molecular complexity index is 1920. The Morgan fingerprint density at radius 3 is 1.71 bits per heavy atom. The highest BCUT2D eigenvalue weighted by Crippen LogP contribution is 2.09. The highest BCUT2D eigenvalue weighted by atomic mass is 16.2. The second kappa shape index (κ2) is 21.6. The van der Waals surface area contributed by atoms with Crippen LogP contribution in [0.4, 0.5) is 0 Å². The van der Waals surface area contributed by atoms with Crippen LogP contribution in [-0.2, 0) is 43.2 Å². The van der Waals surface area contributed by atoms with Gasteiger partial charge in [0, 0.05) is 43.3 Å². The molecule has 0 aliphatic heterocycles. The van der Waals surface area contributed by atoms with Crippen molar-refractivity contribution in [1.29, 1.82) is 0 Å². The summed E-state index contributed by atoms with van der Waals surface area (Å²) >= 11 is 0. The summed E-state index contributed by atoms with van der Waals surface area (Å²) in [6.45, 7) is -0.280. The topological polar surface area (TPSA) is 282 Å². The van der Waals surface area contributed by atoms with E-state index < -0.39 is 66.2 Å². The van der Waals surface area contributed by atoms with Gasteiger partial charge in [-0.05, 0) is 36.1 Å². The fraction of sp³-hybridized carbons (Fsp3) is 0.282. The minimum absolute atomic E-state index is 0.0104. The number of carbonyl (C=O) groups is 6. The average Bonchev–Trinajstić information content (AvgIpc) is 3.71. The van der Waals surface area contributed by atoms with Crippen molar-refractivity contribution in [2.45, 2.75) is 56.3 Å². The third-order valence-corrected chi connectivity index (χ3v) is 8.51. The number of imidazole rings is 1. The Morgan fingerprint density at radius 1 is 0.643 bits per heavy atom. The predicted molar refractivity (Wildman–Crippen MR) is 208 cm³/mol. The lowest BCUT2D eigenvalue weighted by molar-refractivity contribution is -0.134. The maximum atomic E-state index is 14.1. The maximum Gasteiger partial charge on any atom is 0.251 e. The number of aromatic amines is 1. The molecule has 0 aliphatic rings. The number of primary amides is 1. The number of guanidine groups is 1. The van der Waals surface area contributed by atoms with E-state index >= 15 is 0 Å².